The van der Waals surface area contributed by atoms with Crippen LogP contribution in [0, 0.1) is 0 Å². The zero-order valence-corrected chi connectivity index (χ0v) is 14.5. The first kappa shape index (κ1) is 15.3. The first-order chi connectivity index (χ1) is 9.63. The Morgan fingerprint density at radius 3 is 2.35 bits per heavy atom. The van der Waals surface area contributed by atoms with Crippen LogP contribution in [0.4, 0.5) is 17.3 Å². The molecule has 0 aliphatic rings. The summed E-state index contributed by atoms with van der Waals surface area (Å²) in [6, 6.07) is 7.84. The van der Waals surface area contributed by atoms with Crippen molar-refractivity contribution in [3.8, 4) is 0 Å². The molecule has 0 aliphatic carbocycles. The monoisotopic (exact) mass is 398 g/mol. The number of anilines is 3. The molecule has 0 unspecified atom stereocenters. The Bertz CT molecular complexity index is 581. The molecule has 2 aromatic rings. The van der Waals surface area contributed by atoms with Gasteiger partial charge in [-0.25, -0.2) is 9.97 Å². The zero-order chi connectivity index (χ0) is 14.5. The molecule has 6 heteroatoms. The number of benzene rings is 1. The second kappa shape index (κ2) is 7.04. The van der Waals surface area contributed by atoms with Gasteiger partial charge in [-0.05, 0) is 50.4 Å². The van der Waals surface area contributed by atoms with E-state index in [9.17, 15) is 0 Å². The van der Waals surface area contributed by atoms with Crippen molar-refractivity contribution in [2.75, 3.05) is 17.7 Å². The number of hydrogen-bond acceptors (Lipinski definition) is 4. The molecule has 20 heavy (non-hydrogen) atoms. The summed E-state index contributed by atoms with van der Waals surface area (Å²) in [6.07, 6.45) is 1.88. The van der Waals surface area contributed by atoms with Gasteiger partial charge in [0.1, 0.15) is 17.5 Å². The summed E-state index contributed by atoms with van der Waals surface area (Å²) < 4.78 is 1.96. The number of halogens is 2. The summed E-state index contributed by atoms with van der Waals surface area (Å²) in [6.45, 7) is 2.12. The molecule has 106 valence electrons. The second-order valence-electron chi connectivity index (χ2n) is 4.28. The highest BCUT2D eigenvalue weighted by atomic mass is 79.9. The molecule has 0 bridgehead atoms. The van der Waals surface area contributed by atoms with Crippen LogP contribution in [0.25, 0.3) is 0 Å². The number of hydrogen-bond donors (Lipinski definition) is 2. The van der Waals surface area contributed by atoms with Gasteiger partial charge >= 0.3 is 0 Å². The summed E-state index contributed by atoms with van der Waals surface area (Å²) in [5.74, 6) is 2.43. The summed E-state index contributed by atoms with van der Waals surface area (Å²) in [4.78, 5) is 8.99. The van der Waals surface area contributed by atoms with Gasteiger partial charge in [0, 0.05) is 28.5 Å². The second-order valence-corrected chi connectivity index (χ2v) is 5.98. The van der Waals surface area contributed by atoms with E-state index in [2.05, 4.69) is 59.4 Å². The average Bonchev–Trinajstić information content (AvgIpc) is 2.43. The van der Waals surface area contributed by atoms with Gasteiger partial charge in [-0.2, -0.15) is 0 Å². The maximum absolute atomic E-state index is 4.54. The van der Waals surface area contributed by atoms with E-state index in [0.717, 1.165) is 44.9 Å². The van der Waals surface area contributed by atoms with Crippen LogP contribution < -0.4 is 10.6 Å². The minimum atomic E-state index is 0.778. The molecule has 0 fully saturated rings. The van der Waals surface area contributed by atoms with Crippen LogP contribution in [0.2, 0.25) is 0 Å². The fourth-order valence-corrected chi connectivity index (χ4v) is 2.97. The summed E-state index contributed by atoms with van der Waals surface area (Å²) >= 11 is 7.08. The third-order valence-electron chi connectivity index (χ3n) is 2.72. The van der Waals surface area contributed by atoms with Crippen LogP contribution in [0.1, 0.15) is 19.2 Å². The Kier molecular flexibility index (Phi) is 5.37. The molecule has 0 aliphatic heterocycles. The van der Waals surface area contributed by atoms with Gasteiger partial charge in [0.15, 0.2) is 0 Å². The minimum absolute atomic E-state index is 0.778. The van der Waals surface area contributed by atoms with Crippen LogP contribution in [-0.4, -0.2) is 17.0 Å². The maximum atomic E-state index is 4.54. The Labute approximate surface area is 135 Å². The first-order valence-corrected chi connectivity index (χ1v) is 7.99. The summed E-state index contributed by atoms with van der Waals surface area (Å²) in [5, 5.41) is 6.40. The third kappa shape index (κ3) is 3.70. The Morgan fingerprint density at radius 1 is 1.10 bits per heavy atom. The van der Waals surface area contributed by atoms with E-state index in [-0.39, 0.29) is 0 Å². The molecular weight excluding hydrogens is 384 g/mol. The van der Waals surface area contributed by atoms with Crippen LogP contribution in [0.3, 0.4) is 0 Å². The van der Waals surface area contributed by atoms with Gasteiger partial charge in [0.05, 0.1) is 5.69 Å². The molecule has 2 rings (SSSR count). The summed E-state index contributed by atoms with van der Waals surface area (Å²) in [5.41, 5.74) is 0.954. The van der Waals surface area contributed by atoms with Gasteiger partial charge in [-0.15, -0.1) is 0 Å². The molecule has 0 saturated heterocycles. The normalized spacial score (nSPS) is 10.4. The molecule has 2 N–H and O–H groups in total. The highest BCUT2D eigenvalue weighted by molar-refractivity contribution is 9.11. The van der Waals surface area contributed by atoms with Crippen LogP contribution >= 0.6 is 31.9 Å². The molecule has 0 radical (unpaired) electrons. The van der Waals surface area contributed by atoms with Gasteiger partial charge in [0.25, 0.3) is 0 Å². The number of aryl methyl sites for hydroxylation is 1. The van der Waals surface area contributed by atoms with Crippen LogP contribution in [-0.2, 0) is 6.42 Å². The van der Waals surface area contributed by atoms with E-state index < -0.39 is 0 Å². The highest BCUT2D eigenvalue weighted by Gasteiger charge is 2.08. The largest absolute Gasteiger partial charge is 0.373 e. The van der Waals surface area contributed by atoms with Crippen molar-refractivity contribution < 1.29 is 0 Å². The molecule has 4 nitrogen and oxygen atoms in total. The quantitative estimate of drug-likeness (QED) is 0.762. The lowest BCUT2D eigenvalue weighted by molar-refractivity contribution is 0.838. The van der Waals surface area contributed by atoms with Gasteiger partial charge < -0.3 is 10.6 Å². The van der Waals surface area contributed by atoms with Crippen LogP contribution in [0.15, 0.2) is 33.2 Å². The van der Waals surface area contributed by atoms with E-state index in [1.54, 1.807) is 0 Å². The average molecular weight is 400 g/mol. The smallest absolute Gasteiger partial charge is 0.136 e. The van der Waals surface area contributed by atoms with Gasteiger partial charge in [-0.3, -0.25) is 0 Å². The van der Waals surface area contributed by atoms with Crippen molar-refractivity contribution in [2.24, 2.45) is 0 Å². The molecule has 1 heterocycles. The van der Waals surface area contributed by atoms with E-state index in [1.807, 2.05) is 31.3 Å². The third-order valence-corrected chi connectivity index (χ3v) is 4.04. The van der Waals surface area contributed by atoms with Crippen molar-refractivity contribution in [1.82, 2.24) is 9.97 Å². The topological polar surface area (TPSA) is 49.8 Å². The maximum Gasteiger partial charge on any atom is 0.136 e. The fraction of sp³-hybridized carbons (Fsp3) is 0.286. The predicted molar refractivity (Wildman–Crippen MR) is 90.7 cm³/mol. The molecular formula is C14H16Br2N4. The van der Waals surface area contributed by atoms with E-state index in [4.69, 9.17) is 0 Å². The number of rotatable bonds is 5. The van der Waals surface area contributed by atoms with Crippen molar-refractivity contribution in [1.29, 1.82) is 0 Å². The van der Waals surface area contributed by atoms with Crippen LogP contribution in [0.5, 0.6) is 0 Å². The van der Waals surface area contributed by atoms with Crippen molar-refractivity contribution in [3.63, 3.8) is 0 Å². The van der Waals surface area contributed by atoms with E-state index in [1.165, 1.54) is 0 Å². The van der Waals surface area contributed by atoms with Crippen molar-refractivity contribution >= 4 is 49.2 Å². The zero-order valence-electron chi connectivity index (χ0n) is 11.4. The molecule has 1 aromatic heterocycles. The standard InChI is InChI=1S/C14H16Br2N4/c1-3-5-11-18-12(17-2)8-13(19-11)20-14-9(15)6-4-7-10(14)16/h4,6-8H,3,5H2,1-2H3,(H2,17,18,19,20). The molecule has 1 aromatic carbocycles. The Morgan fingerprint density at radius 2 is 1.75 bits per heavy atom. The van der Waals surface area contributed by atoms with E-state index >= 15 is 0 Å². The fourth-order valence-electron chi connectivity index (χ4n) is 1.77. The highest BCUT2D eigenvalue weighted by Crippen LogP contribution is 2.32. The van der Waals surface area contributed by atoms with Gasteiger partial charge in [-0.1, -0.05) is 13.0 Å². The molecule has 0 amide bonds. The lowest BCUT2D eigenvalue weighted by Gasteiger charge is -2.12. The van der Waals surface area contributed by atoms with Crippen molar-refractivity contribution in [3.05, 3.63) is 39.0 Å². The SMILES string of the molecule is CCCc1nc(NC)cc(Nc2c(Br)cccc2Br)n1. The Hall–Kier alpha value is -1.14. The molecule has 0 atom stereocenters. The number of nitrogens with zero attached hydrogens (tertiary/aromatic N) is 2. The number of aromatic nitrogens is 2. The van der Waals surface area contributed by atoms with E-state index in [0.29, 0.717) is 0 Å². The lowest BCUT2D eigenvalue weighted by Crippen LogP contribution is -2.04. The lowest BCUT2D eigenvalue weighted by atomic mass is 10.3. The van der Waals surface area contributed by atoms with Gasteiger partial charge in [0.2, 0.25) is 0 Å². The number of para-hydroxylation sites is 1. The molecule has 0 spiro atoms. The molecule has 0 saturated carbocycles. The van der Waals surface area contributed by atoms with Crippen molar-refractivity contribution in [2.45, 2.75) is 19.8 Å². The predicted octanol–water partition coefficient (Wildman–Crippen LogP) is 4.74. The minimum Gasteiger partial charge on any atom is -0.373 e. The number of nitrogens with one attached hydrogen (secondary N) is 2. The summed E-state index contributed by atoms with van der Waals surface area (Å²) in [7, 11) is 1.86. The first-order valence-electron chi connectivity index (χ1n) is 6.40. The Balaban J connectivity index is 2.35.